The van der Waals surface area contributed by atoms with Gasteiger partial charge in [0.05, 0.1) is 22.4 Å². The van der Waals surface area contributed by atoms with Crippen molar-refractivity contribution in [1.82, 2.24) is 4.98 Å². The second kappa shape index (κ2) is 7.90. The van der Waals surface area contributed by atoms with Gasteiger partial charge < -0.3 is 14.2 Å². The van der Waals surface area contributed by atoms with Gasteiger partial charge in [0.15, 0.2) is 0 Å². The topological polar surface area (TPSA) is 57.7 Å². The minimum atomic E-state index is -0.397. The quantitative estimate of drug-likeness (QED) is 0.484. The first-order valence-corrected chi connectivity index (χ1v) is 8.31. The highest BCUT2D eigenvalue weighted by Crippen LogP contribution is 2.22. The number of hydrogen-bond acceptors (Lipinski definition) is 6. The van der Waals surface area contributed by atoms with Gasteiger partial charge in [-0.05, 0) is 30.3 Å². The molecule has 2 aromatic carbocycles. The molecular formula is C18H17NO4S. The molecule has 0 N–H and O–H groups in total. The third-order valence-electron chi connectivity index (χ3n) is 3.29. The van der Waals surface area contributed by atoms with Crippen LogP contribution in [0.15, 0.2) is 48.5 Å². The molecule has 0 amide bonds. The lowest BCUT2D eigenvalue weighted by Gasteiger charge is -2.07. The van der Waals surface area contributed by atoms with Gasteiger partial charge in [-0.1, -0.05) is 18.2 Å². The van der Waals surface area contributed by atoms with Gasteiger partial charge >= 0.3 is 5.97 Å². The normalized spacial score (nSPS) is 10.7. The number of hydrogen-bond donors (Lipinski definition) is 0. The average molecular weight is 343 g/mol. The number of thiazole rings is 1. The van der Waals surface area contributed by atoms with Crippen molar-refractivity contribution in [2.45, 2.75) is 6.61 Å². The Morgan fingerprint density at radius 2 is 2.00 bits per heavy atom. The molecule has 124 valence electrons. The molecule has 24 heavy (non-hydrogen) atoms. The fraction of sp³-hybridized carbons (Fsp3) is 0.222. The number of nitrogens with zero attached hydrogens (tertiary/aromatic N) is 1. The molecule has 0 aliphatic heterocycles. The first-order chi connectivity index (χ1) is 11.8. The van der Waals surface area contributed by atoms with E-state index in [1.165, 1.54) is 11.3 Å². The number of aromatic nitrogens is 1. The van der Waals surface area contributed by atoms with Gasteiger partial charge in [-0.25, -0.2) is 9.78 Å². The predicted octanol–water partition coefficient (Wildman–Crippen LogP) is 3.68. The van der Waals surface area contributed by atoms with Crippen LogP contribution in [-0.2, 0) is 16.1 Å². The number of methoxy groups -OCH3 is 1. The maximum atomic E-state index is 12.2. The molecule has 0 aliphatic carbocycles. The van der Waals surface area contributed by atoms with Crippen LogP contribution < -0.4 is 4.74 Å². The van der Waals surface area contributed by atoms with Crippen molar-refractivity contribution in [3.8, 4) is 5.75 Å². The predicted molar refractivity (Wildman–Crippen MR) is 92.6 cm³/mol. The Labute approximate surface area is 143 Å². The van der Waals surface area contributed by atoms with Crippen molar-refractivity contribution >= 4 is 27.5 Å². The summed E-state index contributed by atoms with van der Waals surface area (Å²) in [4.78, 5) is 16.6. The smallest absolute Gasteiger partial charge is 0.338 e. The van der Waals surface area contributed by atoms with Crippen molar-refractivity contribution in [3.05, 3.63) is 59.1 Å². The van der Waals surface area contributed by atoms with Crippen LogP contribution in [-0.4, -0.2) is 31.3 Å². The number of rotatable bonds is 7. The average Bonchev–Trinajstić information content (AvgIpc) is 3.03. The summed E-state index contributed by atoms with van der Waals surface area (Å²) in [6.07, 6.45) is 0. The molecule has 1 aromatic heterocycles. The maximum absolute atomic E-state index is 12.2. The van der Waals surface area contributed by atoms with E-state index >= 15 is 0 Å². The number of carbonyl (C=O) groups is 1. The second-order valence-corrected chi connectivity index (χ2v) is 6.14. The molecule has 0 bridgehead atoms. The summed E-state index contributed by atoms with van der Waals surface area (Å²) in [5, 5.41) is 0.775. The van der Waals surface area contributed by atoms with Crippen LogP contribution in [0.4, 0.5) is 0 Å². The summed E-state index contributed by atoms with van der Waals surface area (Å²) in [6, 6.07) is 14.8. The SMILES string of the molecule is COCCOc1cccc(C(=O)OCc2nc3ccccc3s2)c1. The van der Waals surface area contributed by atoms with E-state index in [9.17, 15) is 4.79 Å². The lowest BCUT2D eigenvalue weighted by molar-refractivity contribution is 0.0472. The van der Waals surface area contributed by atoms with Crippen molar-refractivity contribution in [2.75, 3.05) is 20.3 Å². The van der Waals surface area contributed by atoms with Gasteiger partial charge in [0.25, 0.3) is 0 Å². The third-order valence-corrected chi connectivity index (χ3v) is 4.30. The van der Waals surface area contributed by atoms with Crippen LogP contribution in [0.3, 0.4) is 0 Å². The zero-order valence-electron chi connectivity index (χ0n) is 13.2. The second-order valence-electron chi connectivity index (χ2n) is 5.02. The monoisotopic (exact) mass is 343 g/mol. The van der Waals surface area contributed by atoms with Gasteiger partial charge in [-0.2, -0.15) is 0 Å². The summed E-state index contributed by atoms with van der Waals surface area (Å²) in [6.45, 7) is 1.08. The molecule has 0 fully saturated rings. The fourth-order valence-corrected chi connectivity index (χ4v) is 3.03. The highest BCUT2D eigenvalue weighted by molar-refractivity contribution is 7.18. The van der Waals surface area contributed by atoms with Crippen LogP contribution in [0.5, 0.6) is 5.75 Å². The standard InChI is InChI=1S/C18H17NO4S/c1-21-9-10-22-14-6-4-5-13(11-14)18(20)23-12-17-19-15-7-2-3-8-16(15)24-17/h2-8,11H,9-10,12H2,1H3. The molecule has 0 saturated heterocycles. The molecular weight excluding hydrogens is 326 g/mol. The van der Waals surface area contributed by atoms with Gasteiger partial charge in [0, 0.05) is 7.11 Å². The maximum Gasteiger partial charge on any atom is 0.338 e. The summed E-state index contributed by atoms with van der Waals surface area (Å²) < 4.78 is 16.9. The largest absolute Gasteiger partial charge is 0.491 e. The van der Waals surface area contributed by atoms with Crippen molar-refractivity contribution in [2.24, 2.45) is 0 Å². The third kappa shape index (κ3) is 4.10. The van der Waals surface area contributed by atoms with Crippen LogP contribution in [0.1, 0.15) is 15.4 Å². The molecule has 3 rings (SSSR count). The van der Waals surface area contributed by atoms with Crippen molar-refractivity contribution in [1.29, 1.82) is 0 Å². The zero-order valence-corrected chi connectivity index (χ0v) is 14.0. The number of ether oxygens (including phenoxy) is 3. The highest BCUT2D eigenvalue weighted by Gasteiger charge is 2.11. The number of fused-ring (bicyclic) bond motifs is 1. The Hall–Kier alpha value is -2.44. The van der Waals surface area contributed by atoms with E-state index in [1.807, 2.05) is 24.3 Å². The Bertz CT molecular complexity index is 798. The van der Waals surface area contributed by atoms with E-state index in [2.05, 4.69) is 4.98 Å². The molecule has 0 radical (unpaired) electrons. The molecule has 0 unspecified atom stereocenters. The molecule has 3 aromatic rings. The summed E-state index contributed by atoms with van der Waals surface area (Å²) in [7, 11) is 1.61. The summed E-state index contributed by atoms with van der Waals surface area (Å²) in [5.74, 6) is 0.216. The first-order valence-electron chi connectivity index (χ1n) is 7.49. The fourth-order valence-electron chi connectivity index (χ4n) is 2.15. The van der Waals surface area contributed by atoms with Gasteiger partial charge in [0.2, 0.25) is 0 Å². The Morgan fingerprint density at radius 1 is 1.12 bits per heavy atom. The van der Waals surface area contributed by atoms with E-state index in [1.54, 1.807) is 31.4 Å². The molecule has 1 heterocycles. The molecule has 0 saturated carbocycles. The van der Waals surface area contributed by atoms with E-state index < -0.39 is 5.97 Å². The summed E-state index contributed by atoms with van der Waals surface area (Å²) in [5.41, 5.74) is 1.37. The van der Waals surface area contributed by atoms with E-state index in [0.717, 1.165) is 15.2 Å². The van der Waals surface area contributed by atoms with Crippen molar-refractivity contribution < 1.29 is 19.0 Å². The highest BCUT2D eigenvalue weighted by atomic mass is 32.1. The lowest BCUT2D eigenvalue weighted by Crippen LogP contribution is -2.07. The number of esters is 1. The lowest BCUT2D eigenvalue weighted by atomic mass is 10.2. The minimum absolute atomic E-state index is 0.160. The Morgan fingerprint density at radius 3 is 2.83 bits per heavy atom. The first kappa shape index (κ1) is 16.4. The number of benzene rings is 2. The van der Waals surface area contributed by atoms with Crippen LogP contribution in [0, 0.1) is 0 Å². The van der Waals surface area contributed by atoms with Crippen molar-refractivity contribution in [3.63, 3.8) is 0 Å². The minimum Gasteiger partial charge on any atom is -0.491 e. The van der Waals surface area contributed by atoms with Crippen LogP contribution in [0.2, 0.25) is 0 Å². The molecule has 0 aliphatic rings. The van der Waals surface area contributed by atoms with E-state index in [4.69, 9.17) is 14.2 Å². The Balaban J connectivity index is 1.61. The van der Waals surface area contributed by atoms with Gasteiger partial charge in [-0.15, -0.1) is 11.3 Å². The zero-order chi connectivity index (χ0) is 16.8. The Kier molecular flexibility index (Phi) is 5.40. The summed E-state index contributed by atoms with van der Waals surface area (Å²) >= 11 is 1.52. The van der Waals surface area contributed by atoms with E-state index in [0.29, 0.717) is 24.5 Å². The van der Waals surface area contributed by atoms with Gasteiger partial charge in [-0.3, -0.25) is 0 Å². The molecule has 0 spiro atoms. The van der Waals surface area contributed by atoms with Crippen LogP contribution in [0.25, 0.3) is 10.2 Å². The molecule has 6 heteroatoms. The number of para-hydroxylation sites is 1. The molecule has 0 atom stereocenters. The van der Waals surface area contributed by atoms with Gasteiger partial charge in [0.1, 0.15) is 24.0 Å². The molecule has 5 nitrogen and oxygen atoms in total. The number of carbonyl (C=O) groups excluding carboxylic acids is 1. The van der Waals surface area contributed by atoms with Crippen LogP contribution >= 0.6 is 11.3 Å². The van der Waals surface area contributed by atoms with E-state index in [-0.39, 0.29) is 6.61 Å².